The van der Waals surface area contributed by atoms with Gasteiger partial charge in [-0.25, -0.2) is 18.7 Å². The number of amides is 2. The van der Waals surface area contributed by atoms with Crippen molar-refractivity contribution in [1.82, 2.24) is 39.6 Å². The highest BCUT2D eigenvalue weighted by Crippen LogP contribution is 2.30. The van der Waals surface area contributed by atoms with E-state index < -0.39 is 12.1 Å². The molecular weight excluding hydrogens is 612 g/mol. The van der Waals surface area contributed by atoms with Gasteiger partial charge in [0, 0.05) is 77.1 Å². The van der Waals surface area contributed by atoms with Crippen molar-refractivity contribution < 1.29 is 23.1 Å². The van der Waals surface area contributed by atoms with Gasteiger partial charge in [0.2, 0.25) is 29.7 Å². The second kappa shape index (κ2) is 15.2. The van der Waals surface area contributed by atoms with Gasteiger partial charge in [-0.3, -0.25) is 14.5 Å². The summed E-state index contributed by atoms with van der Waals surface area (Å²) >= 11 is 0. The minimum absolute atomic E-state index is 0.0107. The Hall–Kier alpha value is -4.05. The lowest BCUT2D eigenvalue weighted by molar-refractivity contribution is -0.139. The van der Waals surface area contributed by atoms with Crippen LogP contribution in [0.2, 0.25) is 0 Å². The number of nitrogen functional groups attached to an aromatic ring is 1. The van der Waals surface area contributed by atoms with Gasteiger partial charge in [0.05, 0.1) is 18.8 Å². The SMILES string of the molecule is Nc1ncc(-c2nc(N3CCOCC3)nc(N3CCN(C(=O)C4CCN(C(=O)/C=C/CN5CCCCC5)CC4)CC3)n2)c(C(F)F)n1. The van der Waals surface area contributed by atoms with Crippen LogP contribution in [-0.4, -0.2) is 137 Å². The van der Waals surface area contributed by atoms with Crippen LogP contribution in [0.5, 0.6) is 0 Å². The number of halogens is 2. The summed E-state index contributed by atoms with van der Waals surface area (Å²) in [6, 6.07) is 0. The molecule has 4 aliphatic rings. The van der Waals surface area contributed by atoms with Crippen LogP contribution in [0.15, 0.2) is 18.3 Å². The predicted octanol–water partition coefficient (Wildman–Crippen LogP) is 1.61. The zero-order valence-electron chi connectivity index (χ0n) is 26.6. The van der Waals surface area contributed by atoms with Crippen molar-refractivity contribution in [3.63, 3.8) is 0 Å². The smallest absolute Gasteiger partial charge is 0.281 e. The van der Waals surface area contributed by atoms with E-state index in [4.69, 9.17) is 15.5 Å². The van der Waals surface area contributed by atoms with Crippen LogP contribution < -0.4 is 15.5 Å². The van der Waals surface area contributed by atoms with Gasteiger partial charge < -0.3 is 30.1 Å². The van der Waals surface area contributed by atoms with Gasteiger partial charge in [-0.1, -0.05) is 12.5 Å². The summed E-state index contributed by atoms with van der Waals surface area (Å²) in [6.45, 7) is 8.08. The van der Waals surface area contributed by atoms with Crippen molar-refractivity contribution in [2.24, 2.45) is 5.92 Å². The van der Waals surface area contributed by atoms with E-state index in [-0.39, 0.29) is 35.1 Å². The summed E-state index contributed by atoms with van der Waals surface area (Å²) in [5, 5.41) is 0. The van der Waals surface area contributed by atoms with Gasteiger partial charge in [-0.15, -0.1) is 0 Å². The molecule has 6 rings (SSSR count). The second-order valence-electron chi connectivity index (χ2n) is 12.4. The fourth-order valence-electron chi connectivity index (χ4n) is 6.55. The Morgan fingerprint density at radius 3 is 2.17 bits per heavy atom. The molecule has 47 heavy (non-hydrogen) atoms. The molecular formula is C31H43F2N11O3. The number of likely N-dealkylation sites (tertiary alicyclic amines) is 2. The van der Waals surface area contributed by atoms with Gasteiger partial charge >= 0.3 is 0 Å². The zero-order valence-corrected chi connectivity index (χ0v) is 26.6. The van der Waals surface area contributed by atoms with Crippen molar-refractivity contribution >= 4 is 29.7 Å². The first kappa shape index (κ1) is 32.9. The number of nitrogens with two attached hydrogens (primary N) is 1. The molecule has 6 heterocycles. The van der Waals surface area contributed by atoms with E-state index in [1.807, 2.05) is 25.7 Å². The van der Waals surface area contributed by atoms with E-state index in [2.05, 4.69) is 24.8 Å². The molecule has 0 atom stereocenters. The van der Waals surface area contributed by atoms with E-state index in [0.717, 1.165) is 19.6 Å². The zero-order chi connectivity index (χ0) is 32.8. The molecule has 0 radical (unpaired) electrons. The number of nitrogens with zero attached hydrogens (tertiary/aromatic N) is 10. The van der Waals surface area contributed by atoms with Crippen molar-refractivity contribution in [3.8, 4) is 11.4 Å². The average Bonchev–Trinajstić information content (AvgIpc) is 3.12. The number of piperazine rings is 1. The maximum absolute atomic E-state index is 13.9. The van der Waals surface area contributed by atoms with E-state index in [0.29, 0.717) is 90.3 Å². The summed E-state index contributed by atoms with van der Waals surface area (Å²) in [4.78, 5) is 57.6. The largest absolute Gasteiger partial charge is 0.378 e. The van der Waals surface area contributed by atoms with Gasteiger partial charge in [0.15, 0.2) is 5.82 Å². The lowest BCUT2D eigenvalue weighted by atomic mass is 9.95. The molecule has 2 amide bonds. The fourth-order valence-corrected chi connectivity index (χ4v) is 6.55. The van der Waals surface area contributed by atoms with Crippen LogP contribution in [0, 0.1) is 5.92 Å². The lowest BCUT2D eigenvalue weighted by Crippen LogP contribution is -2.52. The number of rotatable bonds is 8. The number of piperidine rings is 2. The molecule has 4 saturated heterocycles. The average molecular weight is 656 g/mol. The molecule has 0 aromatic carbocycles. The first-order valence-corrected chi connectivity index (χ1v) is 16.6. The molecule has 254 valence electrons. The number of alkyl halides is 2. The lowest BCUT2D eigenvalue weighted by Gasteiger charge is -2.38. The molecule has 4 aliphatic heterocycles. The molecule has 0 unspecified atom stereocenters. The third kappa shape index (κ3) is 8.09. The Morgan fingerprint density at radius 2 is 1.51 bits per heavy atom. The number of anilines is 3. The molecule has 0 aliphatic carbocycles. The maximum Gasteiger partial charge on any atom is 0.281 e. The topological polar surface area (TPSA) is 150 Å². The summed E-state index contributed by atoms with van der Waals surface area (Å²) in [7, 11) is 0. The van der Waals surface area contributed by atoms with E-state index in [9.17, 15) is 18.4 Å². The number of carbonyl (C=O) groups is 2. The number of carbonyl (C=O) groups excluding carboxylic acids is 2. The molecule has 2 aromatic rings. The van der Waals surface area contributed by atoms with E-state index >= 15 is 0 Å². The Kier molecular flexibility index (Phi) is 10.7. The van der Waals surface area contributed by atoms with Gasteiger partial charge in [-0.2, -0.15) is 15.0 Å². The minimum Gasteiger partial charge on any atom is -0.378 e. The summed E-state index contributed by atoms with van der Waals surface area (Å²) in [6.07, 6.45) is 6.96. The molecule has 2 N–H and O–H groups in total. The number of hydrogen-bond donors (Lipinski definition) is 1. The number of morpholine rings is 1. The van der Waals surface area contributed by atoms with Crippen molar-refractivity contribution in [2.75, 3.05) is 101 Å². The van der Waals surface area contributed by atoms with Crippen LogP contribution in [-0.2, 0) is 14.3 Å². The third-order valence-corrected chi connectivity index (χ3v) is 9.29. The Bertz CT molecular complexity index is 1420. The highest BCUT2D eigenvalue weighted by atomic mass is 19.3. The molecule has 2 aromatic heterocycles. The van der Waals surface area contributed by atoms with Gasteiger partial charge in [0.25, 0.3) is 6.43 Å². The highest BCUT2D eigenvalue weighted by Gasteiger charge is 2.32. The summed E-state index contributed by atoms with van der Waals surface area (Å²) in [5.74, 6) is 0.451. The number of ether oxygens (including phenoxy) is 1. The summed E-state index contributed by atoms with van der Waals surface area (Å²) < 4.78 is 33.3. The molecule has 0 spiro atoms. The van der Waals surface area contributed by atoms with Crippen molar-refractivity contribution in [3.05, 3.63) is 24.0 Å². The third-order valence-electron chi connectivity index (χ3n) is 9.29. The maximum atomic E-state index is 13.9. The normalized spacial score (nSPS) is 20.4. The standard InChI is InChI=1S/C31H43F2N11O3/c32-26(33)25-23(21-35-29(34)36-25)27-37-30(39-31(38-27)44-17-19-47-20-18-44)43-15-13-42(14-16-43)28(46)22-6-11-41(12-7-22)24(45)5-4-10-40-8-2-1-3-9-40/h4-5,21-22,26H,1-3,6-20H2,(H2,34,35,36)/b5-4+. The first-order chi connectivity index (χ1) is 22.9. The predicted molar refractivity (Wildman–Crippen MR) is 171 cm³/mol. The monoisotopic (exact) mass is 655 g/mol. The van der Waals surface area contributed by atoms with Crippen LogP contribution in [0.25, 0.3) is 11.4 Å². The Morgan fingerprint density at radius 1 is 0.851 bits per heavy atom. The molecule has 4 fully saturated rings. The van der Waals surface area contributed by atoms with Crippen LogP contribution in [0.3, 0.4) is 0 Å². The minimum atomic E-state index is -2.90. The van der Waals surface area contributed by atoms with Crippen molar-refractivity contribution in [1.29, 1.82) is 0 Å². The number of hydrogen-bond acceptors (Lipinski definition) is 12. The van der Waals surface area contributed by atoms with Crippen LogP contribution in [0.4, 0.5) is 26.6 Å². The highest BCUT2D eigenvalue weighted by molar-refractivity contribution is 5.88. The summed E-state index contributed by atoms with van der Waals surface area (Å²) in [5.41, 5.74) is 5.04. The fraction of sp³-hybridized carbons (Fsp3) is 0.645. The number of aromatic nitrogens is 5. The van der Waals surface area contributed by atoms with Gasteiger partial charge in [-0.05, 0) is 38.8 Å². The second-order valence-corrected chi connectivity index (χ2v) is 12.4. The molecule has 14 nitrogen and oxygen atoms in total. The molecule has 0 bridgehead atoms. The van der Waals surface area contributed by atoms with E-state index in [1.165, 1.54) is 25.5 Å². The van der Waals surface area contributed by atoms with Gasteiger partial charge in [0.1, 0.15) is 5.69 Å². The first-order valence-electron chi connectivity index (χ1n) is 16.6. The molecule has 0 saturated carbocycles. The van der Waals surface area contributed by atoms with Crippen LogP contribution in [0.1, 0.15) is 44.2 Å². The quantitative estimate of drug-likeness (QED) is 0.412. The van der Waals surface area contributed by atoms with Crippen molar-refractivity contribution in [2.45, 2.75) is 38.5 Å². The Labute approximate surface area is 273 Å². The van der Waals surface area contributed by atoms with Crippen LogP contribution >= 0.6 is 0 Å². The van der Waals surface area contributed by atoms with E-state index in [1.54, 1.807) is 6.08 Å². The molecule has 16 heteroatoms. The Balaban J connectivity index is 1.07.